The third kappa shape index (κ3) is 5.05. The zero-order valence-electron chi connectivity index (χ0n) is 21.8. The Bertz CT molecular complexity index is 1330. The first-order valence-electron chi connectivity index (χ1n) is 13.2. The number of rotatable bonds is 6. The van der Waals surface area contributed by atoms with Crippen LogP contribution in [0.15, 0.2) is 42.5 Å². The van der Waals surface area contributed by atoms with E-state index in [9.17, 15) is 19.5 Å². The molecule has 3 aromatic rings. The number of aryl methyl sites for hydroxylation is 1. The number of H-pyrrole nitrogens is 1. The average molecular weight is 519 g/mol. The van der Waals surface area contributed by atoms with Crippen LogP contribution in [0.2, 0.25) is 0 Å². The Labute approximate surface area is 221 Å². The fraction of sp³-hybridized carbons (Fsp3) is 0.414. The Hall–Kier alpha value is -4.01. The van der Waals surface area contributed by atoms with Gasteiger partial charge in [-0.05, 0) is 68.5 Å². The normalized spacial score (nSPS) is 19.8. The van der Waals surface area contributed by atoms with E-state index in [0.29, 0.717) is 55.9 Å². The van der Waals surface area contributed by atoms with E-state index in [2.05, 4.69) is 15.2 Å². The van der Waals surface area contributed by atoms with Gasteiger partial charge < -0.3 is 29.9 Å². The molecule has 1 aromatic heterocycles. The lowest BCUT2D eigenvalue weighted by Crippen LogP contribution is -2.50. The number of amides is 2. The number of fused-ring (bicyclic) bond motifs is 1. The summed E-state index contributed by atoms with van der Waals surface area (Å²) in [6.45, 7) is 4.69. The summed E-state index contributed by atoms with van der Waals surface area (Å²) in [5.41, 5.74) is 3.93. The maximum atomic E-state index is 13.0. The van der Waals surface area contributed by atoms with Crippen LogP contribution in [-0.2, 0) is 9.59 Å². The largest absolute Gasteiger partial charge is 0.495 e. The van der Waals surface area contributed by atoms with Gasteiger partial charge in [-0.2, -0.15) is 0 Å². The number of nitrogens with zero attached hydrogens (tertiary/aromatic N) is 2. The van der Waals surface area contributed by atoms with Gasteiger partial charge in [0.1, 0.15) is 11.4 Å². The third-order valence-corrected chi connectivity index (χ3v) is 8.01. The number of aromatic nitrogens is 1. The second-order valence-corrected chi connectivity index (χ2v) is 10.2. The lowest BCUT2D eigenvalue weighted by atomic mass is 9.81. The summed E-state index contributed by atoms with van der Waals surface area (Å²) in [6, 6.07) is 13.5. The molecule has 38 heavy (non-hydrogen) atoms. The molecule has 2 fully saturated rings. The smallest absolute Gasteiger partial charge is 0.306 e. The molecule has 5 rings (SSSR count). The van der Waals surface area contributed by atoms with Crippen LogP contribution < -0.4 is 15.0 Å². The number of carboxylic acids is 1. The molecule has 2 aliphatic rings. The lowest BCUT2D eigenvalue weighted by molar-refractivity contribution is -0.145. The fourth-order valence-corrected chi connectivity index (χ4v) is 5.70. The van der Waals surface area contributed by atoms with Crippen molar-refractivity contribution in [1.29, 1.82) is 0 Å². The maximum absolute atomic E-state index is 13.0. The van der Waals surface area contributed by atoms with Crippen LogP contribution in [0, 0.1) is 18.8 Å². The molecule has 200 valence electrons. The molecule has 0 spiro atoms. The van der Waals surface area contributed by atoms with E-state index >= 15 is 0 Å². The van der Waals surface area contributed by atoms with Gasteiger partial charge in [0.25, 0.3) is 5.91 Å². The molecule has 9 heteroatoms. The Morgan fingerprint density at radius 3 is 2.24 bits per heavy atom. The van der Waals surface area contributed by atoms with Crippen molar-refractivity contribution in [3.05, 3.63) is 53.7 Å². The number of anilines is 2. The second-order valence-electron chi connectivity index (χ2n) is 10.2. The standard InChI is InChI=1S/C29H34N4O5/c1-18-23-4-3-5-24(38-2)26(23)31-25(18)27(34)30-21-10-12-22(13-11-21)32-14-16-33(17-15-32)28(35)19-6-8-20(9-7-19)29(36)37/h3-5,10-13,19-20,31H,6-9,14-17H2,1-2H3,(H,30,34)(H,36,37)/t19-,20-. The molecule has 1 saturated carbocycles. The molecule has 0 radical (unpaired) electrons. The van der Waals surface area contributed by atoms with Crippen molar-refractivity contribution >= 4 is 40.1 Å². The zero-order valence-corrected chi connectivity index (χ0v) is 21.8. The number of methoxy groups -OCH3 is 1. The van der Waals surface area contributed by atoms with Crippen LogP contribution in [0.1, 0.15) is 41.7 Å². The van der Waals surface area contributed by atoms with Gasteiger partial charge in [0, 0.05) is 48.9 Å². The third-order valence-electron chi connectivity index (χ3n) is 8.01. The van der Waals surface area contributed by atoms with Crippen LogP contribution in [0.25, 0.3) is 10.9 Å². The lowest BCUT2D eigenvalue weighted by Gasteiger charge is -2.38. The van der Waals surface area contributed by atoms with E-state index < -0.39 is 5.97 Å². The molecule has 0 unspecified atom stereocenters. The molecule has 1 aliphatic heterocycles. The summed E-state index contributed by atoms with van der Waals surface area (Å²) in [5, 5.41) is 13.1. The van der Waals surface area contributed by atoms with Crippen molar-refractivity contribution in [1.82, 2.24) is 9.88 Å². The molecule has 1 saturated heterocycles. The number of benzene rings is 2. The molecule has 2 amide bonds. The van der Waals surface area contributed by atoms with E-state index in [4.69, 9.17) is 4.74 Å². The fourth-order valence-electron chi connectivity index (χ4n) is 5.70. The zero-order chi connectivity index (χ0) is 26.8. The first-order valence-corrected chi connectivity index (χ1v) is 13.2. The van der Waals surface area contributed by atoms with Crippen molar-refractivity contribution in [2.75, 3.05) is 43.5 Å². The summed E-state index contributed by atoms with van der Waals surface area (Å²) in [5.74, 6) is -0.458. The number of aliphatic carboxylic acids is 1. The Kier molecular flexibility index (Phi) is 7.26. The first kappa shape index (κ1) is 25.6. The molecule has 3 N–H and O–H groups in total. The van der Waals surface area contributed by atoms with Gasteiger partial charge in [-0.3, -0.25) is 14.4 Å². The topological polar surface area (TPSA) is 115 Å². The predicted molar refractivity (Wildman–Crippen MR) is 146 cm³/mol. The summed E-state index contributed by atoms with van der Waals surface area (Å²) in [4.78, 5) is 44.5. The highest BCUT2D eigenvalue weighted by Crippen LogP contribution is 2.32. The molecule has 0 bridgehead atoms. The number of carboxylic acid groups (broad SMARTS) is 1. The van der Waals surface area contributed by atoms with Crippen molar-refractivity contribution < 1.29 is 24.2 Å². The van der Waals surface area contributed by atoms with E-state index in [1.807, 2.05) is 54.3 Å². The highest BCUT2D eigenvalue weighted by atomic mass is 16.5. The van der Waals surface area contributed by atoms with Crippen LogP contribution in [0.5, 0.6) is 5.75 Å². The molecule has 2 aromatic carbocycles. The molecule has 9 nitrogen and oxygen atoms in total. The van der Waals surface area contributed by atoms with Crippen LogP contribution in [0.4, 0.5) is 11.4 Å². The molecular weight excluding hydrogens is 484 g/mol. The van der Waals surface area contributed by atoms with E-state index in [1.165, 1.54) is 0 Å². The van der Waals surface area contributed by atoms with Crippen molar-refractivity contribution in [2.24, 2.45) is 11.8 Å². The van der Waals surface area contributed by atoms with E-state index in [0.717, 1.165) is 35.2 Å². The number of carbonyl (C=O) groups is 3. The van der Waals surface area contributed by atoms with Crippen molar-refractivity contribution in [2.45, 2.75) is 32.6 Å². The van der Waals surface area contributed by atoms with Crippen LogP contribution in [-0.4, -0.2) is 66.1 Å². The number of hydrogen-bond acceptors (Lipinski definition) is 5. The first-order chi connectivity index (χ1) is 18.4. The Balaban J connectivity index is 1.16. The van der Waals surface area contributed by atoms with Gasteiger partial charge in [0.15, 0.2) is 0 Å². The van der Waals surface area contributed by atoms with Crippen molar-refractivity contribution in [3.63, 3.8) is 0 Å². The van der Waals surface area contributed by atoms with Crippen molar-refractivity contribution in [3.8, 4) is 5.75 Å². The summed E-state index contributed by atoms with van der Waals surface area (Å²) < 4.78 is 5.42. The van der Waals surface area contributed by atoms with Gasteiger partial charge in [0.05, 0.1) is 18.5 Å². The second kappa shape index (κ2) is 10.8. The predicted octanol–water partition coefficient (Wildman–Crippen LogP) is 4.28. The Morgan fingerprint density at radius 1 is 0.947 bits per heavy atom. The highest BCUT2D eigenvalue weighted by Gasteiger charge is 2.33. The molecule has 2 heterocycles. The number of nitrogens with one attached hydrogen (secondary N) is 2. The number of aromatic amines is 1. The van der Waals surface area contributed by atoms with Crippen LogP contribution >= 0.6 is 0 Å². The number of ether oxygens (including phenoxy) is 1. The SMILES string of the molecule is COc1cccc2c(C)c(C(=O)Nc3ccc(N4CCN(C(=O)[C@H]5CC[C@H](C(=O)O)CC5)CC4)cc3)[nH]c12. The molecule has 1 aliphatic carbocycles. The van der Waals surface area contributed by atoms with Gasteiger partial charge in [-0.25, -0.2) is 0 Å². The highest BCUT2D eigenvalue weighted by molar-refractivity contribution is 6.08. The monoisotopic (exact) mass is 518 g/mol. The number of carbonyl (C=O) groups excluding carboxylic acids is 2. The summed E-state index contributed by atoms with van der Waals surface area (Å²) in [6.07, 6.45) is 2.49. The molecule has 0 atom stereocenters. The minimum Gasteiger partial charge on any atom is -0.495 e. The quantitative estimate of drug-likeness (QED) is 0.449. The summed E-state index contributed by atoms with van der Waals surface area (Å²) >= 11 is 0. The number of hydrogen-bond donors (Lipinski definition) is 3. The minimum atomic E-state index is -0.747. The minimum absolute atomic E-state index is 0.0537. The number of para-hydroxylation sites is 1. The Morgan fingerprint density at radius 2 is 1.61 bits per heavy atom. The maximum Gasteiger partial charge on any atom is 0.306 e. The van der Waals surface area contributed by atoms with Gasteiger partial charge in [-0.15, -0.1) is 0 Å². The van der Waals surface area contributed by atoms with Gasteiger partial charge in [0.2, 0.25) is 5.91 Å². The average Bonchev–Trinajstić information content (AvgIpc) is 3.30. The molecular formula is C29H34N4O5. The van der Waals surface area contributed by atoms with Gasteiger partial charge >= 0.3 is 5.97 Å². The number of piperazine rings is 1. The van der Waals surface area contributed by atoms with E-state index in [1.54, 1.807) is 7.11 Å². The van der Waals surface area contributed by atoms with Gasteiger partial charge in [-0.1, -0.05) is 12.1 Å². The summed E-state index contributed by atoms with van der Waals surface area (Å²) in [7, 11) is 1.61. The van der Waals surface area contributed by atoms with Crippen LogP contribution in [0.3, 0.4) is 0 Å². The van der Waals surface area contributed by atoms with E-state index in [-0.39, 0.29) is 23.7 Å².